The van der Waals surface area contributed by atoms with Gasteiger partial charge in [-0.2, -0.15) is 0 Å². The van der Waals surface area contributed by atoms with Crippen LogP contribution < -0.4 is 0 Å². The van der Waals surface area contributed by atoms with E-state index in [0.29, 0.717) is 43.7 Å². The highest BCUT2D eigenvalue weighted by Crippen LogP contribution is 2.43. The van der Waals surface area contributed by atoms with E-state index in [1.165, 1.54) is 6.26 Å². The van der Waals surface area contributed by atoms with Crippen molar-refractivity contribution >= 4 is 19.9 Å². The molecule has 0 aromatic carbocycles. The standard InChI is InChI=1S/C29H46NO10P/c1-17-10-23-9-7-8-22(31)14-27(25-16-37-28(30-25)13-18(2)21(5)36-6)39-29(32)20(4)12-19(3)26(40-41(33,34)35)15-24(11-17)38-23/h13,16,19-24,26-27,31H,1,7-12,14-15H2,2-6H3,(H2,33,34,35)/b18-13+/t19-,20-,21+,22-,23+,24+,26-,27-/m0/s1. The van der Waals surface area contributed by atoms with E-state index < -0.39 is 43.9 Å². The number of hydrogen-bond acceptors (Lipinski definition) is 9. The summed E-state index contributed by atoms with van der Waals surface area (Å²) in [6.45, 7) is 11.4. The Balaban J connectivity index is 1.85. The lowest BCUT2D eigenvalue weighted by Crippen LogP contribution is -2.35. The number of ether oxygens (including phenoxy) is 3. The molecule has 1 aromatic rings. The number of phosphoric ester groups is 1. The molecule has 2 aliphatic rings. The Morgan fingerprint density at radius 1 is 1.20 bits per heavy atom. The van der Waals surface area contributed by atoms with Crippen molar-refractivity contribution in [2.45, 2.75) is 116 Å². The zero-order valence-corrected chi connectivity index (χ0v) is 25.6. The van der Waals surface area contributed by atoms with Gasteiger partial charge in [-0.3, -0.25) is 9.32 Å². The monoisotopic (exact) mass is 599 g/mol. The minimum atomic E-state index is -4.79. The second-order valence-corrected chi connectivity index (χ2v) is 12.8. The number of oxazole rings is 1. The van der Waals surface area contributed by atoms with Crippen LogP contribution in [0.5, 0.6) is 0 Å². The third-order valence-corrected chi connectivity index (χ3v) is 8.52. The van der Waals surface area contributed by atoms with Gasteiger partial charge in [0.05, 0.1) is 36.4 Å². The molecule has 41 heavy (non-hydrogen) atoms. The van der Waals surface area contributed by atoms with Crippen LogP contribution in [0, 0.1) is 11.8 Å². The van der Waals surface area contributed by atoms with Crippen LogP contribution in [0.3, 0.4) is 0 Å². The molecule has 0 amide bonds. The minimum absolute atomic E-state index is 0.109. The van der Waals surface area contributed by atoms with E-state index in [1.54, 1.807) is 27.0 Å². The molecule has 0 spiro atoms. The van der Waals surface area contributed by atoms with E-state index in [-0.39, 0.29) is 37.6 Å². The lowest BCUT2D eigenvalue weighted by Gasteiger charge is -2.35. The first-order valence-electron chi connectivity index (χ1n) is 14.3. The number of nitrogens with zero attached hydrogens (tertiary/aromatic N) is 1. The highest BCUT2D eigenvalue weighted by Gasteiger charge is 2.35. The maximum Gasteiger partial charge on any atom is 0.469 e. The van der Waals surface area contributed by atoms with Gasteiger partial charge in [-0.25, -0.2) is 9.55 Å². The van der Waals surface area contributed by atoms with Crippen LogP contribution in [-0.4, -0.2) is 63.5 Å². The largest absolute Gasteiger partial charge is 0.469 e. The fraction of sp³-hybridized carbons (Fsp3) is 0.724. The van der Waals surface area contributed by atoms with Crippen LogP contribution in [-0.2, 0) is 28.1 Å². The van der Waals surface area contributed by atoms with Crippen LogP contribution >= 0.6 is 7.82 Å². The fourth-order valence-corrected chi connectivity index (χ4v) is 6.12. The summed E-state index contributed by atoms with van der Waals surface area (Å²) < 4.78 is 40.1. The molecule has 0 saturated carbocycles. The first-order valence-corrected chi connectivity index (χ1v) is 15.9. The summed E-state index contributed by atoms with van der Waals surface area (Å²) in [4.78, 5) is 36.9. The fourth-order valence-electron chi connectivity index (χ4n) is 5.47. The van der Waals surface area contributed by atoms with Gasteiger partial charge in [0.1, 0.15) is 18.1 Å². The number of cyclic esters (lactones) is 1. The van der Waals surface area contributed by atoms with E-state index >= 15 is 0 Å². The topological polar surface area (TPSA) is 158 Å². The van der Waals surface area contributed by atoms with Crippen molar-refractivity contribution < 1.29 is 47.4 Å². The van der Waals surface area contributed by atoms with E-state index in [4.69, 9.17) is 23.2 Å². The molecular weight excluding hydrogens is 553 g/mol. The summed E-state index contributed by atoms with van der Waals surface area (Å²) in [6, 6.07) is 0. The molecule has 11 nitrogen and oxygen atoms in total. The Morgan fingerprint density at radius 3 is 2.59 bits per heavy atom. The maximum atomic E-state index is 13.2. The summed E-state index contributed by atoms with van der Waals surface area (Å²) in [5.41, 5.74) is 2.30. The number of aromatic nitrogens is 1. The lowest BCUT2D eigenvalue weighted by molar-refractivity contribution is -0.156. The smallest absolute Gasteiger partial charge is 0.455 e. The molecule has 0 unspecified atom stereocenters. The van der Waals surface area contributed by atoms with Gasteiger partial charge in [0.15, 0.2) is 0 Å². The van der Waals surface area contributed by atoms with Gasteiger partial charge in [0, 0.05) is 26.0 Å². The van der Waals surface area contributed by atoms with Crippen LogP contribution in [0.15, 0.2) is 28.4 Å². The molecule has 0 aliphatic carbocycles. The molecule has 3 N–H and O–H groups in total. The number of rotatable bonds is 6. The second-order valence-electron chi connectivity index (χ2n) is 11.6. The third-order valence-electron chi connectivity index (χ3n) is 7.97. The van der Waals surface area contributed by atoms with E-state index in [0.717, 1.165) is 11.1 Å². The zero-order chi connectivity index (χ0) is 30.3. The van der Waals surface area contributed by atoms with Gasteiger partial charge in [-0.05, 0) is 63.9 Å². The van der Waals surface area contributed by atoms with Crippen molar-refractivity contribution in [1.29, 1.82) is 0 Å². The second kappa shape index (κ2) is 15.0. The summed E-state index contributed by atoms with van der Waals surface area (Å²) in [5.74, 6) is -1.19. The van der Waals surface area contributed by atoms with Crippen molar-refractivity contribution in [1.82, 2.24) is 4.98 Å². The molecule has 2 saturated heterocycles. The van der Waals surface area contributed by atoms with E-state index in [1.807, 2.05) is 13.8 Å². The Bertz CT molecular complexity index is 1100. The van der Waals surface area contributed by atoms with Gasteiger partial charge in [0.25, 0.3) is 0 Å². The van der Waals surface area contributed by atoms with Crippen LogP contribution in [0.4, 0.5) is 0 Å². The zero-order valence-electron chi connectivity index (χ0n) is 24.7. The van der Waals surface area contributed by atoms with Crippen molar-refractivity contribution in [3.8, 4) is 0 Å². The number of carbonyl (C=O) groups is 1. The molecular formula is C29H46NO10P. The number of esters is 1. The highest BCUT2D eigenvalue weighted by atomic mass is 31.2. The molecule has 2 fully saturated rings. The summed E-state index contributed by atoms with van der Waals surface area (Å²) in [7, 11) is -3.18. The molecule has 232 valence electrons. The molecule has 3 heterocycles. The Labute approximate surface area is 242 Å². The Hall–Kier alpha value is -1.85. The highest BCUT2D eigenvalue weighted by molar-refractivity contribution is 7.46. The van der Waals surface area contributed by atoms with Crippen LogP contribution in [0.1, 0.15) is 96.8 Å². The number of fused-ring (bicyclic) bond motifs is 2. The quantitative estimate of drug-likeness (QED) is 0.222. The molecule has 8 atom stereocenters. The maximum absolute atomic E-state index is 13.2. The molecule has 3 rings (SSSR count). The average Bonchev–Trinajstić information content (AvgIpc) is 3.34. The number of methoxy groups -OCH3 is 1. The number of aliphatic hydroxyl groups excluding tert-OH is 1. The van der Waals surface area contributed by atoms with Crippen LogP contribution in [0.2, 0.25) is 0 Å². The van der Waals surface area contributed by atoms with Crippen molar-refractivity contribution in [2.75, 3.05) is 7.11 Å². The first kappa shape index (κ1) is 33.6. The summed E-state index contributed by atoms with van der Waals surface area (Å²) >= 11 is 0. The Kier molecular flexibility index (Phi) is 12.4. The Morgan fingerprint density at radius 2 is 1.90 bits per heavy atom. The number of carbonyl (C=O) groups excluding carboxylic acids is 1. The number of hydrogen-bond donors (Lipinski definition) is 3. The average molecular weight is 600 g/mol. The normalized spacial score (nSPS) is 32.4. The lowest BCUT2D eigenvalue weighted by atomic mass is 9.87. The third kappa shape index (κ3) is 10.7. The predicted molar refractivity (Wildman–Crippen MR) is 151 cm³/mol. The van der Waals surface area contributed by atoms with Crippen molar-refractivity contribution in [3.05, 3.63) is 35.6 Å². The molecule has 0 radical (unpaired) electrons. The molecule has 12 heteroatoms. The first-order chi connectivity index (χ1) is 19.2. The van der Waals surface area contributed by atoms with Gasteiger partial charge in [-0.1, -0.05) is 26.0 Å². The van der Waals surface area contributed by atoms with E-state index in [9.17, 15) is 24.3 Å². The number of aliphatic hydroxyl groups is 1. The van der Waals surface area contributed by atoms with Gasteiger partial charge in [0.2, 0.25) is 5.89 Å². The van der Waals surface area contributed by atoms with Gasteiger partial charge >= 0.3 is 13.8 Å². The molecule has 1 aromatic heterocycles. The van der Waals surface area contributed by atoms with Gasteiger partial charge < -0.3 is 33.5 Å². The SMILES string of the molecule is C=C1C[C@H]2CCC[C@H](O)C[C@@H](c3coc(/C=C(\C)[C@@H](C)OC)n3)OC(=O)[C@@H](C)C[C@H](C)[C@@H](OP(=O)(O)O)C[C@@H](C1)O2. The van der Waals surface area contributed by atoms with Crippen LogP contribution in [0.25, 0.3) is 6.08 Å². The van der Waals surface area contributed by atoms with Crippen molar-refractivity contribution in [3.63, 3.8) is 0 Å². The minimum Gasteiger partial charge on any atom is -0.455 e. The summed E-state index contributed by atoms with van der Waals surface area (Å²) in [5, 5.41) is 10.9. The molecule has 2 aliphatic heterocycles. The van der Waals surface area contributed by atoms with Crippen molar-refractivity contribution in [2.24, 2.45) is 11.8 Å². The van der Waals surface area contributed by atoms with Gasteiger partial charge in [-0.15, -0.1) is 0 Å². The predicted octanol–water partition coefficient (Wildman–Crippen LogP) is 5.27. The summed E-state index contributed by atoms with van der Waals surface area (Å²) in [6.07, 6.45) is 3.96. The van der Waals surface area contributed by atoms with E-state index in [2.05, 4.69) is 11.6 Å². The molecule has 2 bridgehead atoms. The number of phosphoric acid groups is 1.